The van der Waals surface area contributed by atoms with Gasteiger partial charge in [-0.2, -0.15) is 10.4 Å². The average Bonchev–Trinajstić information content (AvgIpc) is 2.74. The van der Waals surface area contributed by atoms with E-state index in [1.807, 2.05) is 0 Å². The molecule has 2 aromatic rings. The number of hydrogen-bond acceptors (Lipinski definition) is 3. The monoisotopic (exact) mass is 231 g/mol. The van der Waals surface area contributed by atoms with E-state index in [0.717, 1.165) is 0 Å². The number of carboxylic acids is 1. The lowest BCUT2D eigenvalue weighted by Crippen LogP contribution is -1.96. The van der Waals surface area contributed by atoms with Crippen molar-refractivity contribution in [3.8, 4) is 11.8 Å². The first-order chi connectivity index (χ1) is 8.11. The molecule has 0 fully saturated rings. The predicted molar refractivity (Wildman–Crippen MR) is 55.2 cm³/mol. The lowest BCUT2D eigenvalue weighted by molar-refractivity contribution is 0.0696. The van der Waals surface area contributed by atoms with E-state index in [1.165, 1.54) is 35.1 Å². The lowest BCUT2D eigenvalue weighted by Gasteiger charge is -1.99. The first kappa shape index (κ1) is 10.8. The van der Waals surface area contributed by atoms with Crippen LogP contribution >= 0.6 is 0 Å². The van der Waals surface area contributed by atoms with E-state index >= 15 is 0 Å². The highest BCUT2D eigenvalue weighted by Gasteiger charge is 2.15. The van der Waals surface area contributed by atoms with Gasteiger partial charge < -0.3 is 5.11 Å². The molecule has 17 heavy (non-hydrogen) atoms. The Morgan fingerprint density at radius 2 is 2.06 bits per heavy atom. The zero-order valence-electron chi connectivity index (χ0n) is 8.46. The van der Waals surface area contributed by atoms with Crippen molar-refractivity contribution in [2.24, 2.45) is 0 Å². The van der Waals surface area contributed by atoms with Gasteiger partial charge in [0, 0.05) is 6.20 Å². The highest BCUT2D eigenvalue weighted by Crippen LogP contribution is 2.12. The molecule has 0 aliphatic heterocycles. The molecule has 0 saturated heterocycles. The van der Waals surface area contributed by atoms with Gasteiger partial charge in [-0.25, -0.2) is 13.9 Å². The van der Waals surface area contributed by atoms with Crippen molar-refractivity contribution in [1.29, 1.82) is 5.26 Å². The van der Waals surface area contributed by atoms with Gasteiger partial charge in [0.15, 0.2) is 5.69 Å². The lowest BCUT2D eigenvalue weighted by atomic mass is 10.2. The standard InChI is InChI=1S/C11H6FN3O2/c12-7-1-3-8(4-2-7)15-6-9(11(16)17)10(5-13)14-15/h1-4,6H,(H,16,17). The molecule has 6 heteroatoms. The van der Waals surface area contributed by atoms with Gasteiger partial charge in [0.05, 0.1) is 5.69 Å². The summed E-state index contributed by atoms with van der Waals surface area (Å²) < 4.78 is 13.9. The summed E-state index contributed by atoms with van der Waals surface area (Å²) in [6.07, 6.45) is 1.22. The van der Waals surface area contributed by atoms with Crippen molar-refractivity contribution in [2.75, 3.05) is 0 Å². The quantitative estimate of drug-likeness (QED) is 0.850. The number of carboxylic acid groups (broad SMARTS) is 1. The van der Waals surface area contributed by atoms with Gasteiger partial charge in [0.2, 0.25) is 0 Å². The molecule has 5 nitrogen and oxygen atoms in total. The number of aromatic carboxylic acids is 1. The van der Waals surface area contributed by atoms with Crippen LogP contribution in [-0.4, -0.2) is 20.9 Å². The van der Waals surface area contributed by atoms with E-state index in [9.17, 15) is 9.18 Å². The van der Waals surface area contributed by atoms with Crippen molar-refractivity contribution in [3.63, 3.8) is 0 Å². The van der Waals surface area contributed by atoms with E-state index < -0.39 is 11.8 Å². The van der Waals surface area contributed by atoms with Crippen LogP contribution < -0.4 is 0 Å². The molecule has 1 aromatic heterocycles. The zero-order valence-corrected chi connectivity index (χ0v) is 8.46. The number of benzene rings is 1. The van der Waals surface area contributed by atoms with Crippen LogP contribution in [0.1, 0.15) is 16.1 Å². The molecule has 0 amide bonds. The zero-order chi connectivity index (χ0) is 12.4. The summed E-state index contributed by atoms with van der Waals surface area (Å²) >= 11 is 0. The molecule has 0 saturated carbocycles. The maximum atomic E-state index is 12.7. The Labute approximate surface area is 95.3 Å². The van der Waals surface area contributed by atoms with E-state index in [1.54, 1.807) is 6.07 Å². The fourth-order valence-corrected chi connectivity index (χ4v) is 1.34. The Hall–Kier alpha value is -2.68. The molecule has 0 unspecified atom stereocenters. The number of carbonyl (C=O) groups is 1. The van der Waals surface area contributed by atoms with E-state index in [2.05, 4.69) is 5.10 Å². The Bertz CT molecular complexity index is 611. The molecule has 1 heterocycles. The minimum absolute atomic E-state index is 0.179. The fraction of sp³-hybridized carbons (Fsp3) is 0. The van der Waals surface area contributed by atoms with Gasteiger partial charge in [-0.1, -0.05) is 0 Å². The van der Waals surface area contributed by atoms with Crippen molar-refractivity contribution >= 4 is 5.97 Å². The Kier molecular flexibility index (Phi) is 2.58. The Morgan fingerprint density at radius 1 is 1.41 bits per heavy atom. The molecule has 84 valence electrons. The van der Waals surface area contributed by atoms with Crippen LogP contribution in [0.5, 0.6) is 0 Å². The fourth-order valence-electron chi connectivity index (χ4n) is 1.34. The SMILES string of the molecule is N#Cc1nn(-c2ccc(F)cc2)cc1C(=O)O. The predicted octanol–water partition coefficient (Wildman–Crippen LogP) is 1.58. The minimum atomic E-state index is -1.23. The third-order valence-electron chi connectivity index (χ3n) is 2.14. The van der Waals surface area contributed by atoms with Crippen molar-refractivity contribution in [3.05, 3.63) is 47.5 Å². The third-order valence-corrected chi connectivity index (χ3v) is 2.14. The minimum Gasteiger partial charge on any atom is -0.478 e. The van der Waals surface area contributed by atoms with Crippen LogP contribution in [-0.2, 0) is 0 Å². The van der Waals surface area contributed by atoms with Crippen molar-refractivity contribution in [1.82, 2.24) is 9.78 Å². The number of hydrogen-bond donors (Lipinski definition) is 1. The summed E-state index contributed by atoms with van der Waals surface area (Å²) in [5, 5.41) is 21.4. The number of halogens is 1. The first-order valence-electron chi connectivity index (χ1n) is 4.61. The average molecular weight is 231 g/mol. The molecule has 0 atom stereocenters. The summed E-state index contributed by atoms with van der Waals surface area (Å²) in [4.78, 5) is 10.8. The van der Waals surface area contributed by atoms with Gasteiger partial charge in [-0.15, -0.1) is 0 Å². The Balaban J connectivity index is 2.51. The van der Waals surface area contributed by atoms with Crippen LogP contribution in [0.25, 0.3) is 5.69 Å². The summed E-state index contributed by atoms with van der Waals surface area (Å²) in [7, 11) is 0. The van der Waals surface area contributed by atoms with Crippen LogP contribution in [0.4, 0.5) is 4.39 Å². The molecule has 0 aliphatic carbocycles. The molecule has 0 bridgehead atoms. The smallest absolute Gasteiger partial charge is 0.340 e. The van der Waals surface area contributed by atoms with Crippen LogP contribution in [0.3, 0.4) is 0 Å². The third kappa shape index (κ3) is 1.99. The molecular formula is C11H6FN3O2. The largest absolute Gasteiger partial charge is 0.478 e. The number of rotatable bonds is 2. The van der Waals surface area contributed by atoms with Crippen LogP contribution in [0.2, 0.25) is 0 Å². The summed E-state index contributed by atoms with van der Waals surface area (Å²) in [5.41, 5.74) is 0.119. The van der Waals surface area contributed by atoms with Gasteiger partial charge in [0.1, 0.15) is 17.4 Å². The molecule has 1 aromatic carbocycles. The highest BCUT2D eigenvalue weighted by molar-refractivity contribution is 5.89. The van der Waals surface area contributed by atoms with Gasteiger partial charge in [-0.05, 0) is 24.3 Å². The maximum Gasteiger partial charge on any atom is 0.340 e. The molecule has 0 spiro atoms. The second kappa shape index (κ2) is 4.06. The molecule has 2 rings (SSSR count). The summed E-state index contributed by atoms with van der Waals surface area (Å²) in [6.45, 7) is 0. The maximum absolute atomic E-state index is 12.7. The molecule has 0 aliphatic rings. The molecule has 1 N–H and O–H groups in total. The van der Waals surface area contributed by atoms with Gasteiger partial charge in [0.25, 0.3) is 0 Å². The normalized spacial score (nSPS) is 9.88. The van der Waals surface area contributed by atoms with Crippen LogP contribution in [0, 0.1) is 17.1 Å². The highest BCUT2D eigenvalue weighted by atomic mass is 19.1. The summed E-state index contributed by atoms with van der Waals surface area (Å²) in [6, 6.07) is 7.02. The number of nitrogens with zero attached hydrogens (tertiary/aromatic N) is 3. The van der Waals surface area contributed by atoms with E-state index in [-0.39, 0.29) is 11.3 Å². The van der Waals surface area contributed by atoms with Gasteiger partial charge in [-0.3, -0.25) is 0 Å². The Morgan fingerprint density at radius 3 is 2.53 bits per heavy atom. The molecular weight excluding hydrogens is 225 g/mol. The van der Waals surface area contributed by atoms with Gasteiger partial charge >= 0.3 is 5.97 Å². The van der Waals surface area contributed by atoms with Crippen molar-refractivity contribution in [2.45, 2.75) is 0 Å². The number of nitriles is 1. The second-order valence-corrected chi connectivity index (χ2v) is 3.23. The topological polar surface area (TPSA) is 78.9 Å². The number of aromatic nitrogens is 2. The van der Waals surface area contributed by atoms with E-state index in [4.69, 9.17) is 10.4 Å². The summed E-state index contributed by atoms with van der Waals surface area (Å²) in [5.74, 6) is -1.63. The first-order valence-corrected chi connectivity index (χ1v) is 4.61. The van der Waals surface area contributed by atoms with Crippen molar-refractivity contribution < 1.29 is 14.3 Å². The molecule has 0 radical (unpaired) electrons. The second-order valence-electron chi connectivity index (χ2n) is 3.23. The van der Waals surface area contributed by atoms with E-state index in [0.29, 0.717) is 5.69 Å². The van der Waals surface area contributed by atoms with Crippen LogP contribution in [0.15, 0.2) is 30.5 Å².